The third-order valence-electron chi connectivity index (χ3n) is 5.47. The van der Waals surface area contributed by atoms with Crippen molar-refractivity contribution in [3.63, 3.8) is 0 Å². The molecule has 0 aliphatic rings. The number of nitro benzene ring substituents is 1. The van der Waals surface area contributed by atoms with E-state index < -0.39 is 20.7 Å². The lowest BCUT2D eigenvalue weighted by atomic mass is 10.0. The van der Waals surface area contributed by atoms with Crippen LogP contribution in [0.2, 0.25) is 0 Å². The predicted octanol–water partition coefficient (Wildman–Crippen LogP) is 5.21. The smallest absolute Gasteiger partial charge is 0.276 e. The fourth-order valence-corrected chi connectivity index (χ4v) is 5.40. The summed E-state index contributed by atoms with van der Waals surface area (Å²) in [4.78, 5) is 26.1. The molecule has 182 valence electrons. The average Bonchev–Trinajstić information content (AvgIpc) is 3.21. The van der Waals surface area contributed by atoms with Crippen LogP contribution in [0, 0.1) is 10.1 Å². The molecule has 4 aromatic rings. The number of ketones is 1. The second-order valence-corrected chi connectivity index (χ2v) is 9.94. The van der Waals surface area contributed by atoms with Gasteiger partial charge in [-0.2, -0.15) is 0 Å². The van der Waals surface area contributed by atoms with Gasteiger partial charge in [-0.1, -0.05) is 48.5 Å². The van der Waals surface area contributed by atoms with Gasteiger partial charge in [0.15, 0.2) is 5.78 Å². The molecule has 9 heteroatoms. The van der Waals surface area contributed by atoms with E-state index in [4.69, 9.17) is 0 Å². The van der Waals surface area contributed by atoms with Crippen molar-refractivity contribution in [2.75, 3.05) is 14.1 Å². The van der Waals surface area contributed by atoms with Crippen LogP contribution in [0.4, 0.5) is 5.69 Å². The molecular formula is C27H23N3O5S. The molecule has 0 aliphatic heterocycles. The number of carbonyl (C=O) groups excluding carboxylic acids is 1. The van der Waals surface area contributed by atoms with Crippen molar-refractivity contribution in [3.05, 3.63) is 118 Å². The van der Waals surface area contributed by atoms with Crippen molar-refractivity contribution in [3.8, 4) is 0 Å². The zero-order chi connectivity index (χ0) is 25.9. The highest BCUT2D eigenvalue weighted by molar-refractivity contribution is 7.90. The van der Waals surface area contributed by atoms with E-state index in [9.17, 15) is 23.3 Å². The van der Waals surface area contributed by atoms with E-state index in [2.05, 4.69) is 0 Å². The Morgan fingerprint density at radius 2 is 1.56 bits per heavy atom. The molecule has 0 saturated heterocycles. The van der Waals surface area contributed by atoms with Gasteiger partial charge in [0, 0.05) is 37.8 Å². The summed E-state index contributed by atoms with van der Waals surface area (Å²) in [7, 11) is -0.594. The zero-order valence-electron chi connectivity index (χ0n) is 19.6. The molecule has 1 aromatic heterocycles. The molecule has 1 heterocycles. The highest BCUT2D eigenvalue weighted by Crippen LogP contribution is 2.33. The molecule has 0 N–H and O–H groups in total. The molecule has 36 heavy (non-hydrogen) atoms. The van der Waals surface area contributed by atoms with Gasteiger partial charge >= 0.3 is 0 Å². The summed E-state index contributed by atoms with van der Waals surface area (Å²) in [5.74, 6) is -0.399. The van der Waals surface area contributed by atoms with Gasteiger partial charge in [0.1, 0.15) is 0 Å². The van der Waals surface area contributed by atoms with Crippen LogP contribution in [0.1, 0.15) is 21.6 Å². The maximum atomic E-state index is 13.8. The standard InChI is InChI=1S/C27H23N3O5S/c1-28(2)19-18-26(31)27-22-13-7-9-15-24(22)29(36(34,35)21-11-4-3-5-12-21)25(27)17-16-20-10-6-8-14-23(20)30(32)33/h3-19H,1-2H3/b17-16+,19-18+. The Balaban J connectivity index is 2.06. The number of para-hydroxylation sites is 2. The summed E-state index contributed by atoms with van der Waals surface area (Å²) in [5.41, 5.74) is 0.746. The van der Waals surface area contributed by atoms with Gasteiger partial charge in [-0.25, -0.2) is 12.4 Å². The largest absolute Gasteiger partial charge is 0.383 e. The lowest BCUT2D eigenvalue weighted by Gasteiger charge is -2.11. The van der Waals surface area contributed by atoms with E-state index in [1.54, 1.807) is 85.9 Å². The summed E-state index contributed by atoms with van der Waals surface area (Å²) in [6.45, 7) is 0. The predicted molar refractivity (Wildman–Crippen MR) is 140 cm³/mol. The Bertz CT molecular complexity index is 1620. The van der Waals surface area contributed by atoms with Crippen molar-refractivity contribution in [1.82, 2.24) is 8.87 Å². The van der Waals surface area contributed by atoms with Crippen LogP contribution in [-0.2, 0) is 10.0 Å². The summed E-state index contributed by atoms with van der Waals surface area (Å²) < 4.78 is 28.8. The first-order valence-corrected chi connectivity index (χ1v) is 12.4. The van der Waals surface area contributed by atoms with Crippen LogP contribution < -0.4 is 0 Å². The van der Waals surface area contributed by atoms with E-state index in [0.717, 1.165) is 3.97 Å². The van der Waals surface area contributed by atoms with E-state index in [-0.39, 0.29) is 27.4 Å². The number of hydrogen-bond acceptors (Lipinski definition) is 6. The highest BCUT2D eigenvalue weighted by Gasteiger charge is 2.28. The minimum Gasteiger partial charge on any atom is -0.383 e. The molecule has 0 saturated carbocycles. The number of benzene rings is 3. The second-order valence-electron chi connectivity index (χ2n) is 8.15. The molecule has 0 radical (unpaired) electrons. The first kappa shape index (κ1) is 24.6. The minimum atomic E-state index is -4.13. The van der Waals surface area contributed by atoms with Crippen molar-refractivity contribution < 1.29 is 18.1 Å². The van der Waals surface area contributed by atoms with Crippen molar-refractivity contribution in [2.45, 2.75) is 4.90 Å². The zero-order valence-corrected chi connectivity index (χ0v) is 20.4. The van der Waals surface area contributed by atoms with E-state index in [0.29, 0.717) is 10.9 Å². The summed E-state index contributed by atoms with van der Waals surface area (Å²) in [6, 6.07) is 20.8. The number of hydrogen-bond donors (Lipinski definition) is 0. The first-order chi connectivity index (χ1) is 17.2. The lowest BCUT2D eigenvalue weighted by Crippen LogP contribution is -2.15. The van der Waals surface area contributed by atoms with Crippen LogP contribution in [0.3, 0.4) is 0 Å². The van der Waals surface area contributed by atoms with Crippen LogP contribution in [-0.4, -0.2) is 42.1 Å². The molecule has 8 nitrogen and oxygen atoms in total. The molecule has 0 unspecified atom stereocenters. The van der Waals surface area contributed by atoms with Crippen molar-refractivity contribution in [1.29, 1.82) is 0 Å². The van der Waals surface area contributed by atoms with E-state index >= 15 is 0 Å². The van der Waals surface area contributed by atoms with E-state index in [1.807, 2.05) is 0 Å². The van der Waals surface area contributed by atoms with Gasteiger partial charge in [-0.3, -0.25) is 14.9 Å². The normalized spacial score (nSPS) is 11.9. The molecule has 0 spiro atoms. The minimum absolute atomic E-state index is 0.0499. The monoisotopic (exact) mass is 501 g/mol. The van der Waals surface area contributed by atoms with Gasteiger partial charge in [0.05, 0.1) is 32.2 Å². The molecular weight excluding hydrogens is 478 g/mol. The topological polar surface area (TPSA) is 103 Å². The fourth-order valence-electron chi connectivity index (χ4n) is 3.86. The maximum absolute atomic E-state index is 13.8. The van der Waals surface area contributed by atoms with Gasteiger partial charge in [-0.05, 0) is 36.4 Å². The molecule has 0 aliphatic carbocycles. The molecule has 4 rings (SSSR count). The van der Waals surface area contributed by atoms with Crippen LogP contribution in [0.5, 0.6) is 0 Å². The lowest BCUT2D eigenvalue weighted by molar-refractivity contribution is -0.385. The van der Waals surface area contributed by atoms with Crippen molar-refractivity contribution in [2.24, 2.45) is 0 Å². The third-order valence-corrected chi connectivity index (χ3v) is 7.22. The van der Waals surface area contributed by atoms with Crippen LogP contribution >= 0.6 is 0 Å². The van der Waals surface area contributed by atoms with Gasteiger partial charge in [0.25, 0.3) is 15.7 Å². The maximum Gasteiger partial charge on any atom is 0.276 e. The number of allylic oxidation sites excluding steroid dienone is 1. The summed E-state index contributed by atoms with van der Waals surface area (Å²) in [6.07, 6.45) is 5.84. The molecule has 0 amide bonds. The Hall–Kier alpha value is -4.50. The number of nitrogens with zero attached hydrogens (tertiary/aromatic N) is 3. The van der Waals surface area contributed by atoms with E-state index in [1.165, 1.54) is 36.4 Å². The number of carbonyl (C=O) groups is 1. The van der Waals surface area contributed by atoms with Crippen LogP contribution in [0.15, 0.2) is 96.0 Å². The Kier molecular flexibility index (Phi) is 6.84. The van der Waals surface area contributed by atoms with Crippen LogP contribution in [0.25, 0.3) is 23.1 Å². The molecule has 3 aromatic carbocycles. The van der Waals surface area contributed by atoms with Gasteiger partial charge in [0.2, 0.25) is 0 Å². The Morgan fingerprint density at radius 3 is 2.25 bits per heavy atom. The van der Waals surface area contributed by atoms with Gasteiger partial charge in [-0.15, -0.1) is 0 Å². The Labute approximate surface area is 208 Å². The summed E-state index contributed by atoms with van der Waals surface area (Å²) in [5, 5.41) is 12.0. The van der Waals surface area contributed by atoms with Crippen molar-refractivity contribution >= 4 is 44.5 Å². The third kappa shape index (κ3) is 4.69. The SMILES string of the molecule is CN(C)/C=C/C(=O)c1c(/C=C/c2ccccc2[N+](=O)[O-])n(S(=O)(=O)c2ccccc2)c2ccccc12. The molecule has 0 atom stereocenters. The first-order valence-electron chi connectivity index (χ1n) is 11.0. The fraction of sp³-hybridized carbons (Fsp3) is 0.0741. The number of fused-ring (bicyclic) bond motifs is 1. The Morgan fingerprint density at radius 1 is 0.917 bits per heavy atom. The number of nitro groups is 1. The molecule has 0 bridgehead atoms. The number of aromatic nitrogens is 1. The second kappa shape index (κ2) is 10.0. The highest BCUT2D eigenvalue weighted by atomic mass is 32.2. The van der Waals surface area contributed by atoms with Gasteiger partial charge < -0.3 is 4.90 Å². The number of rotatable bonds is 8. The average molecular weight is 502 g/mol. The molecule has 0 fully saturated rings. The quantitative estimate of drug-likeness (QED) is 0.142. The summed E-state index contributed by atoms with van der Waals surface area (Å²) >= 11 is 0.